The van der Waals surface area contributed by atoms with E-state index in [0.717, 1.165) is 12.2 Å². The maximum atomic E-state index is 12.9. The summed E-state index contributed by atoms with van der Waals surface area (Å²) < 4.78 is 10.6. The molecule has 7 heteroatoms. The average molecular weight is 381 g/mol. The third kappa shape index (κ3) is 4.23. The molecule has 0 aromatic heterocycles. The van der Waals surface area contributed by atoms with Crippen LogP contribution in [0.25, 0.3) is 0 Å². The number of benzene rings is 2. The fourth-order valence-corrected chi connectivity index (χ4v) is 3.64. The molecule has 1 aliphatic rings. The van der Waals surface area contributed by atoms with Gasteiger partial charge in [0, 0.05) is 23.9 Å². The third-order valence-electron chi connectivity index (χ3n) is 4.09. The number of ether oxygens (including phenoxy) is 2. The highest BCUT2D eigenvalue weighted by molar-refractivity contribution is 8.13. The van der Waals surface area contributed by atoms with Gasteiger partial charge in [-0.25, -0.2) is 4.99 Å². The second kappa shape index (κ2) is 8.60. The van der Waals surface area contributed by atoms with E-state index in [4.69, 9.17) is 14.7 Å². The summed E-state index contributed by atoms with van der Waals surface area (Å²) in [5.41, 5.74) is 1.75. The summed E-state index contributed by atoms with van der Waals surface area (Å²) in [6.07, 6.45) is 0.900. The van der Waals surface area contributed by atoms with Crippen LogP contribution in [0.2, 0.25) is 0 Å². The Bertz CT molecular complexity index is 904. The molecule has 0 unspecified atom stereocenters. The number of aliphatic imine (C=N–C) groups is 1. The molecule has 2 aromatic carbocycles. The Morgan fingerprint density at radius 2 is 1.89 bits per heavy atom. The van der Waals surface area contributed by atoms with E-state index >= 15 is 0 Å². The van der Waals surface area contributed by atoms with E-state index in [9.17, 15) is 4.79 Å². The van der Waals surface area contributed by atoms with Crippen molar-refractivity contribution in [3.8, 4) is 17.6 Å². The molecule has 1 saturated heterocycles. The molecule has 3 rings (SSSR count). The van der Waals surface area contributed by atoms with Gasteiger partial charge in [0.25, 0.3) is 5.91 Å². The summed E-state index contributed by atoms with van der Waals surface area (Å²) in [5.74, 6) is 2.00. The first-order valence-electron chi connectivity index (χ1n) is 8.42. The minimum Gasteiger partial charge on any atom is -0.493 e. The van der Waals surface area contributed by atoms with Gasteiger partial charge in [-0.05, 0) is 42.8 Å². The maximum absolute atomic E-state index is 12.9. The molecule has 1 amide bonds. The molecule has 1 heterocycles. The lowest BCUT2D eigenvalue weighted by Crippen LogP contribution is -2.39. The van der Waals surface area contributed by atoms with E-state index in [-0.39, 0.29) is 5.91 Å². The number of amides is 1. The number of hydrogen-bond acceptors (Lipinski definition) is 6. The molecule has 2 aromatic rings. The van der Waals surface area contributed by atoms with Crippen molar-refractivity contribution >= 4 is 28.5 Å². The highest BCUT2D eigenvalue weighted by atomic mass is 32.2. The van der Waals surface area contributed by atoms with Crippen molar-refractivity contribution in [2.75, 3.05) is 26.5 Å². The number of thioether (sulfide) groups is 1. The molecular weight excluding hydrogens is 362 g/mol. The fourth-order valence-electron chi connectivity index (χ4n) is 2.69. The summed E-state index contributed by atoms with van der Waals surface area (Å²) in [5, 5.41) is 9.57. The average Bonchev–Trinajstić information content (AvgIpc) is 2.73. The Balaban J connectivity index is 1.89. The van der Waals surface area contributed by atoms with Gasteiger partial charge in [0.1, 0.15) is 0 Å². The molecule has 0 N–H and O–H groups in total. The van der Waals surface area contributed by atoms with E-state index in [0.29, 0.717) is 40.0 Å². The number of nitrogens with zero attached hydrogens (tertiary/aromatic N) is 3. The van der Waals surface area contributed by atoms with Crippen LogP contribution in [-0.2, 0) is 0 Å². The Hall–Kier alpha value is -2.98. The van der Waals surface area contributed by atoms with Crippen molar-refractivity contribution < 1.29 is 14.3 Å². The predicted molar refractivity (Wildman–Crippen MR) is 106 cm³/mol. The first kappa shape index (κ1) is 18.8. The first-order chi connectivity index (χ1) is 13.2. The molecule has 6 nitrogen and oxygen atoms in total. The first-order valence-corrected chi connectivity index (χ1v) is 9.40. The van der Waals surface area contributed by atoms with Crippen LogP contribution in [0, 0.1) is 11.3 Å². The molecule has 138 valence electrons. The number of methoxy groups -OCH3 is 2. The fraction of sp³-hybridized carbons (Fsp3) is 0.250. The van der Waals surface area contributed by atoms with Gasteiger partial charge in [-0.3, -0.25) is 9.69 Å². The topological polar surface area (TPSA) is 74.9 Å². The van der Waals surface area contributed by atoms with Crippen LogP contribution in [0.3, 0.4) is 0 Å². The maximum Gasteiger partial charge on any atom is 0.259 e. The molecule has 0 saturated carbocycles. The normalized spacial score (nSPS) is 15.3. The third-order valence-corrected chi connectivity index (χ3v) is 5.15. The number of carbonyl (C=O) groups excluding carboxylic acids is 1. The lowest BCUT2D eigenvalue weighted by atomic mass is 10.1. The van der Waals surface area contributed by atoms with Crippen LogP contribution in [-0.4, -0.2) is 42.5 Å². The second-order valence-electron chi connectivity index (χ2n) is 5.78. The molecule has 0 spiro atoms. The SMILES string of the molecule is COc1ccc(N=C2SCCCN2C(=O)c2ccc(C#N)cc2)cc1OC. The van der Waals surface area contributed by atoms with Gasteiger partial charge < -0.3 is 9.47 Å². The minimum atomic E-state index is -0.120. The summed E-state index contributed by atoms with van der Waals surface area (Å²) in [6, 6.07) is 14.1. The molecule has 1 aliphatic heterocycles. The highest BCUT2D eigenvalue weighted by Gasteiger charge is 2.25. The van der Waals surface area contributed by atoms with Gasteiger partial charge in [0.15, 0.2) is 16.7 Å². The smallest absolute Gasteiger partial charge is 0.259 e. The van der Waals surface area contributed by atoms with Crippen molar-refractivity contribution in [2.45, 2.75) is 6.42 Å². The van der Waals surface area contributed by atoms with Crippen molar-refractivity contribution in [1.29, 1.82) is 5.26 Å². The van der Waals surface area contributed by atoms with Gasteiger partial charge in [-0.2, -0.15) is 5.26 Å². The van der Waals surface area contributed by atoms with Crippen LogP contribution < -0.4 is 9.47 Å². The largest absolute Gasteiger partial charge is 0.493 e. The molecule has 1 fully saturated rings. The minimum absolute atomic E-state index is 0.120. The van der Waals surface area contributed by atoms with Crippen LogP contribution in [0.15, 0.2) is 47.5 Å². The van der Waals surface area contributed by atoms with E-state index in [1.807, 2.05) is 6.07 Å². The Labute approximate surface area is 162 Å². The van der Waals surface area contributed by atoms with Crippen molar-refractivity contribution in [2.24, 2.45) is 4.99 Å². The summed E-state index contributed by atoms with van der Waals surface area (Å²) in [4.78, 5) is 19.3. The Morgan fingerprint density at radius 1 is 1.15 bits per heavy atom. The molecular formula is C20H19N3O3S. The van der Waals surface area contributed by atoms with Crippen LogP contribution in [0.5, 0.6) is 11.5 Å². The molecule has 0 radical (unpaired) electrons. The zero-order valence-corrected chi connectivity index (χ0v) is 16.0. The van der Waals surface area contributed by atoms with E-state index in [1.54, 1.807) is 67.3 Å². The number of amidine groups is 1. The number of rotatable bonds is 4. The Kier molecular flexibility index (Phi) is 5.99. The van der Waals surface area contributed by atoms with Crippen LogP contribution in [0.1, 0.15) is 22.3 Å². The standard InChI is InChI=1S/C20H19N3O3S/c1-25-17-9-8-16(12-18(17)26-2)22-20-23(10-3-11-27-20)19(24)15-6-4-14(13-21)5-7-15/h4-9,12H,3,10-11H2,1-2H3. The summed E-state index contributed by atoms with van der Waals surface area (Å²) in [6.45, 7) is 0.609. The van der Waals surface area contributed by atoms with Crippen molar-refractivity contribution in [3.05, 3.63) is 53.6 Å². The zero-order valence-electron chi connectivity index (χ0n) is 15.1. The predicted octanol–water partition coefficient (Wildman–Crippen LogP) is 3.84. The molecule has 0 bridgehead atoms. The monoisotopic (exact) mass is 381 g/mol. The lowest BCUT2D eigenvalue weighted by Gasteiger charge is -2.28. The summed E-state index contributed by atoms with van der Waals surface area (Å²) in [7, 11) is 3.16. The van der Waals surface area contributed by atoms with E-state index < -0.39 is 0 Å². The highest BCUT2D eigenvalue weighted by Crippen LogP contribution is 2.32. The van der Waals surface area contributed by atoms with Gasteiger partial charge in [0.2, 0.25) is 0 Å². The van der Waals surface area contributed by atoms with Crippen LogP contribution >= 0.6 is 11.8 Å². The Morgan fingerprint density at radius 3 is 2.56 bits per heavy atom. The molecule has 27 heavy (non-hydrogen) atoms. The number of carbonyl (C=O) groups is 1. The van der Waals surface area contributed by atoms with Gasteiger partial charge >= 0.3 is 0 Å². The van der Waals surface area contributed by atoms with Crippen molar-refractivity contribution in [3.63, 3.8) is 0 Å². The van der Waals surface area contributed by atoms with Gasteiger partial charge in [-0.15, -0.1) is 0 Å². The quantitative estimate of drug-likeness (QED) is 0.804. The zero-order chi connectivity index (χ0) is 19.2. The van der Waals surface area contributed by atoms with Gasteiger partial charge in [0.05, 0.1) is 31.5 Å². The number of nitriles is 1. The lowest BCUT2D eigenvalue weighted by molar-refractivity contribution is 0.0849. The van der Waals surface area contributed by atoms with Crippen LogP contribution in [0.4, 0.5) is 5.69 Å². The van der Waals surface area contributed by atoms with Crippen molar-refractivity contribution in [1.82, 2.24) is 4.90 Å². The molecule has 0 aliphatic carbocycles. The van der Waals surface area contributed by atoms with E-state index in [1.165, 1.54) is 0 Å². The second-order valence-corrected chi connectivity index (χ2v) is 6.84. The van der Waals surface area contributed by atoms with E-state index in [2.05, 4.69) is 11.1 Å². The van der Waals surface area contributed by atoms with Gasteiger partial charge in [-0.1, -0.05) is 11.8 Å². The molecule has 0 atom stereocenters. The number of hydrogen-bond donors (Lipinski definition) is 0. The summed E-state index contributed by atoms with van der Waals surface area (Å²) >= 11 is 1.55.